The van der Waals surface area contributed by atoms with Crippen LogP contribution in [-0.4, -0.2) is 23.4 Å². The lowest BCUT2D eigenvalue weighted by Crippen LogP contribution is -2.26. The molecule has 0 radical (unpaired) electrons. The number of benzene rings is 1. The van der Waals surface area contributed by atoms with Crippen LogP contribution < -0.4 is 5.32 Å². The van der Waals surface area contributed by atoms with Crippen LogP contribution >= 0.6 is 11.3 Å². The van der Waals surface area contributed by atoms with Gasteiger partial charge in [0.15, 0.2) is 0 Å². The maximum absolute atomic E-state index is 12.7. The first-order valence-electron chi connectivity index (χ1n) is 10.6. The minimum atomic E-state index is -0.482. The van der Waals surface area contributed by atoms with Crippen molar-refractivity contribution in [3.05, 3.63) is 62.0 Å². The highest BCUT2D eigenvalue weighted by molar-refractivity contribution is 7.17. The Morgan fingerprint density at radius 3 is 2.75 bits per heavy atom. The Morgan fingerprint density at radius 1 is 1.34 bits per heavy atom. The minimum Gasteiger partial charge on any atom is -0.462 e. The smallest absolute Gasteiger partial charge is 0.341 e. The first-order valence-corrected chi connectivity index (χ1v) is 11.5. The van der Waals surface area contributed by atoms with E-state index in [0.29, 0.717) is 22.0 Å². The second kappa shape index (κ2) is 9.65. The summed E-state index contributed by atoms with van der Waals surface area (Å²) in [6.07, 6.45) is 5.45. The van der Waals surface area contributed by atoms with Crippen LogP contribution in [0.15, 0.2) is 30.3 Å². The second-order valence-corrected chi connectivity index (χ2v) is 10.0. The minimum absolute atomic E-state index is 0.0449. The summed E-state index contributed by atoms with van der Waals surface area (Å²) in [5.74, 6) is -0.328. The highest BCUT2D eigenvalue weighted by Crippen LogP contribution is 2.44. The SMILES string of the molecule is CCOC(=O)c1c(NC(=O)/C=C/c2cccc([N+](=O)[O-])c2)sc2c1CCC(C(C)(C)C)C2. The van der Waals surface area contributed by atoms with Crippen LogP contribution in [0.2, 0.25) is 0 Å². The van der Waals surface area contributed by atoms with Crippen LogP contribution in [0.25, 0.3) is 6.08 Å². The third-order valence-electron chi connectivity index (χ3n) is 5.71. The summed E-state index contributed by atoms with van der Waals surface area (Å²) in [6, 6.07) is 6.03. The number of hydrogen-bond donors (Lipinski definition) is 1. The average molecular weight is 457 g/mol. The predicted molar refractivity (Wildman–Crippen MR) is 126 cm³/mol. The molecule has 1 aromatic carbocycles. The number of nitro benzene ring substituents is 1. The van der Waals surface area contributed by atoms with Crippen molar-refractivity contribution in [3.63, 3.8) is 0 Å². The molecular formula is C24H28N2O5S. The molecule has 1 aliphatic rings. The highest BCUT2D eigenvalue weighted by atomic mass is 32.1. The summed E-state index contributed by atoms with van der Waals surface area (Å²) >= 11 is 1.44. The fraction of sp³-hybridized carbons (Fsp3) is 0.417. The Labute approximate surface area is 191 Å². The molecule has 1 heterocycles. The van der Waals surface area contributed by atoms with Crippen molar-refractivity contribution in [2.75, 3.05) is 11.9 Å². The number of rotatable bonds is 6. The zero-order chi connectivity index (χ0) is 23.5. The largest absolute Gasteiger partial charge is 0.462 e. The van der Waals surface area contributed by atoms with E-state index in [1.807, 2.05) is 0 Å². The number of thiophene rings is 1. The Kier molecular flexibility index (Phi) is 7.13. The van der Waals surface area contributed by atoms with E-state index in [1.54, 1.807) is 19.1 Å². The van der Waals surface area contributed by atoms with Gasteiger partial charge in [0, 0.05) is 23.1 Å². The molecule has 1 amide bonds. The molecule has 0 saturated heterocycles. The van der Waals surface area contributed by atoms with Gasteiger partial charge in [-0.2, -0.15) is 0 Å². The molecule has 0 spiro atoms. The second-order valence-electron chi connectivity index (χ2n) is 8.91. The zero-order valence-corrected chi connectivity index (χ0v) is 19.6. The summed E-state index contributed by atoms with van der Waals surface area (Å²) < 4.78 is 5.27. The molecule has 1 atom stereocenters. The summed E-state index contributed by atoms with van der Waals surface area (Å²) in [5, 5.41) is 14.3. The average Bonchev–Trinajstić information content (AvgIpc) is 3.09. The molecule has 0 saturated carbocycles. The van der Waals surface area contributed by atoms with Crippen molar-refractivity contribution in [3.8, 4) is 0 Å². The molecule has 1 aliphatic carbocycles. The fourth-order valence-electron chi connectivity index (χ4n) is 3.90. The number of carbonyl (C=O) groups excluding carboxylic acids is 2. The molecule has 2 aromatic rings. The summed E-state index contributed by atoms with van der Waals surface area (Å²) in [7, 11) is 0. The normalized spacial score (nSPS) is 15.9. The molecule has 3 rings (SSSR count). The number of anilines is 1. The van der Waals surface area contributed by atoms with Gasteiger partial charge in [-0.05, 0) is 54.7 Å². The maximum Gasteiger partial charge on any atom is 0.341 e. The molecule has 1 unspecified atom stereocenters. The number of non-ortho nitro benzene ring substituents is 1. The predicted octanol–water partition coefficient (Wildman–Crippen LogP) is 5.64. The van der Waals surface area contributed by atoms with E-state index in [1.165, 1.54) is 35.6 Å². The van der Waals surface area contributed by atoms with E-state index >= 15 is 0 Å². The van der Waals surface area contributed by atoms with Crippen LogP contribution in [-0.2, 0) is 22.4 Å². The molecule has 32 heavy (non-hydrogen) atoms. The standard InChI is InChI=1S/C24H28N2O5S/c1-5-31-23(28)21-18-11-10-16(24(2,3)4)14-19(18)32-22(21)25-20(27)12-9-15-7-6-8-17(13-15)26(29)30/h6-9,12-13,16H,5,10-11,14H2,1-4H3,(H,25,27)/b12-9+. The van der Waals surface area contributed by atoms with Crippen molar-refractivity contribution in [1.29, 1.82) is 0 Å². The van der Waals surface area contributed by atoms with Gasteiger partial charge in [-0.25, -0.2) is 4.79 Å². The summed E-state index contributed by atoms with van der Waals surface area (Å²) in [6.45, 7) is 8.69. The van der Waals surface area contributed by atoms with Gasteiger partial charge in [-0.1, -0.05) is 32.9 Å². The number of carbonyl (C=O) groups is 2. The number of nitrogens with zero attached hydrogens (tertiary/aromatic N) is 1. The van der Waals surface area contributed by atoms with E-state index in [0.717, 1.165) is 29.7 Å². The molecule has 0 aliphatic heterocycles. The van der Waals surface area contributed by atoms with Gasteiger partial charge < -0.3 is 10.1 Å². The quantitative estimate of drug-likeness (QED) is 0.263. The number of amides is 1. The molecule has 8 heteroatoms. The van der Waals surface area contributed by atoms with E-state index < -0.39 is 16.8 Å². The summed E-state index contributed by atoms with van der Waals surface area (Å²) in [5.41, 5.74) is 2.09. The molecule has 0 fully saturated rings. The van der Waals surface area contributed by atoms with Gasteiger partial charge in [0.05, 0.1) is 17.1 Å². The fourth-order valence-corrected chi connectivity index (χ4v) is 5.22. The first-order chi connectivity index (χ1) is 15.1. The van der Waals surface area contributed by atoms with Gasteiger partial charge in [0.1, 0.15) is 5.00 Å². The molecule has 1 aromatic heterocycles. The van der Waals surface area contributed by atoms with Crippen LogP contribution in [0.4, 0.5) is 10.7 Å². The third-order valence-corrected chi connectivity index (χ3v) is 6.88. The number of hydrogen-bond acceptors (Lipinski definition) is 6. The molecule has 0 bridgehead atoms. The van der Waals surface area contributed by atoms with Crippen molar-refractivity contribution in [2.24, 2.45) is 11.3 Å². The Balaban J connectivity index is 1.84. The topological polar surface area (TPSA) is 98.5 Å². The van der Waals surface area contributed by atoms with Crippen LogP contribution in [0, 0.1) is 21.4 Å². The number of nitrogens with one attached hydrogen (secondary N) is 1. The van der Waals surface area contributed by atoms with Crippen molar-refractivity contribution in [1.82, 2.24) is 0 Å². The van der Waals surface area contributed by atoms with Gasteiger partial charge in [0.25, 0.3) is 5.69 Å². The van der Waals surface area contributed by atoms with Gasteiger partial charge in [-0.15, -0.1) is 11.3 Å². The third kappa shape index (κ3) is 5.43. The van der Waals surface area contributed by atoms with Crippen molar-refractivity contribution in [2.45, 2.75) is 47.0 Å². The summed E-state index contributed by atoms with van der Waals surface area (Å²) in [4.78, 5) is 36.9. The lowest BCUT2D eigenvalue weighted by atomic mass is 9.72. The number of fused-ring (bicyclic) bond motifs is 1. The van der Waals surface area contributed by atoms with Gasteiger partial charge >= 0.3 is 5.97 Å². The van der Waals surface area contributed by atoms with E-state index in [2.05, 4.69) is 26.1 Å². The number of esters is 1. The van der Waals surface area contributed by atoms with Gasteiger partial charge in [0.2, 0.25) is 5.91 Å². The molecule has 1 N–H and O–H groups in total. The highest BCUT2D eigenvalue weighted by Gasteiger charge is 2.34. The molecule has 7 nitrogen and oxygen atoms in total. The van der Waals surface area contributed by atoms with Crippen molar-refractivity contribution < 1.29 is 19.2 Å². The van der Waals surface area contributed by atoms with Crippen molar-refractivity contribution >= 4 is 40.0 Å². The van der Waals surface area contributed by atoms with Crippen LogP contribution in [0.5, 0.6) is 0 Å². The zero-order valence-electron chi connectivity index (χ0n) is 18.8. The Bertz CT molecular complexity index is 1060. The maximum atomic E-state index is 12.7. The number of ether oxygens (including phenoxy) is 1. The van der Waals surface area contributed by atoms with Crippen LogP contribution in [0.3, 0.4) is 0 Å². The Hall–Kier alpha value is -3.00. The number of nitro groups is 1. The molecule has 170 valence electrons. The lowest BCUT2D eigenvalue weighted by molar-refractivity contribution is -0.384. The van der Waals surface area contributed by atoms with Crippen LogP contribution in [0.1, 0.15) is 60.5 Å². The van der Waals surface area contributed by atoms with E-state index in [-0.39, 0.29) is 17.7 Å². The van der Waals surface area contributed by atoms with Gasteiger partial charge in [-0.3, -0.25) is 14.9 Å². The monoisotopic (exact) mass is 456 g/mol. The first kappa shape index (κ1) is 23.7. The van der Waals surface area contributed by atoms with E-state index in [9.17, 15) is 19.7 Å². The Morgan fingerprint density at radius 2 is 2.09 bits per heavy atom. The lowest BCUT2D eigenvalue weighted by Gasteiger charge is -2.33. The van der Waals surface area contributed by atoms with E-state index in [4.69, 9.17) is 4.74 Å². The molecular weight excluding hydrogens is 428 g/mol.